The van der Waals surface area contributed by atoms with E-state index >= 15 is 0 Å². The van der Waals surface area contributed by atoms with E-state index in [0.717, 1.165) is 29.8 Å². The topological polar surface area (TPSA) is 49.4 Å². The van der Waals surface area contributed by atoms with Gasteiger partial charge in [0.15, 0.2) is 0 Å². The lowest BCUT2D eigenvalue weighted by molar-refractivity contribution is 0.0110. The number of aliphatic hydroxyl groups is 1. The molecule has 2 aliphatic heterocycles. The lowest BCUT2D eigenvalue weighted by Crippen LogP contribution is -2.42. The highest BCUT2D eigenvalue weighted by Crippen LogP contribution is 2.37. The summed E-state index contributed by atoms with van der Waals surface area (Å²) < 4.78 is 6.19. The van der Waals surface area contributed by atoms with Crippen LogP contribution in [-0.2, 0) is 4.74 Å². The zero-order chi connectivity index (χ0) is 16.8. The first-order valence-electron chi connectivity index (χ1n) is 8.42. The average molecular weight is 346 g/mol. The minimum Gasteiger partial charge on any atom is -0.391 e. The lowest BCUT2D eigenvalue weighted by atomic mass is 9.94. The molecule has 1 saturated carbocycles. The molecule has 0 unspecified atom stereocenters. The molecule has 3 aliphatic rings. The number of rotatable bonds is 4. The smallest absolute Gasteiger partial charge is 0.205 e. The zero-order valence-electron chi connectivity index (χ0n) is 13.6. The maximum atomic E-state index is 10.4. The summed E-state index contributed by atoms with van der Waals surface area (Å²) in [4.78, 5) is 3.45. The monoisotopic (exact) mass is 345 g/mol. The van der Waals surface area contributed by atoms with Crippen LogP contribution in [0.15, 0.2) is 17.2 Å². The maximum absolute atomic E-state index is 10.4. The Balaban J connectivity index is 1.69. The summed E-state index contributed by atoms with van der Waals surface area (Å²) in [6.07, 6.45) is 2.51. The largest absolute Gasteiger partial charge is 0.391 e. The van der Waals surface area contributed by atoms with Crippen LogP contribution in [-0.4, -0.2) is 47.2 Å². The fourth-order valence-corrected chi connectivity index (χ4v) is 3.77. The summed E-state index contributed by atoms with van der Waals surface area (Å²) in [5.74, 6) is 0.646. The van der Waals surface area contributed by atoms with Crippen molar-refractivity contribution < 1.29 is 9.84 Å². The van der Waals surface area contributed by atoms with Gasteiger partial charge in [0.1, 0.15) is 12.1 Å². The molecule has 6 heteroatoms. The number of hydrazone groups is 1. The summed E-state index contributed by atoms with van der Waals surface area (Å²) in [6.45, 7) is 10.6. The van der Waals surface area contributed by atoms with Crippen molar-refractivity contribution in [2.24, 2.45) is 11.0 Å². The molecule has 24 heavy (non-hydrogen) atoms. The standard InChI is InChI=1S/C18H20ClN3O2/c1-10-12(5-6-13(20-2)15(10)19)16-18(24-9-11-3-4-11)17-14(23)7-8-22(17)21-16/h5-6,11,14,17-18,23H,3-4,7-9H2,1H3/t14-,17-,18+/m0/s1. The van der Waals surface area contributed by atoms with Gasteiger partial charge in [-0.25, -0.2) is 4.85 Å². The summed E-state index contributed by atoms with van der Waals surface area (Å²) in [6, 6.07) is 3.52. The van der Waals surface area contributed by atoms with Crippen LogP contribution in [0.25, 0.3) is 4.85 Å². The second-order valence-corrected chi connectivity index (χ2v) is 7.25. The molecular formula is C18H20ClN3O2. The van der Waals surface area contributed by atoms with Crippen molar-refractivity contribution in [1.29, 1.82) is 0 Å². The molecule has 2 heterocycles. The molecule has 1 N–H and O–H groups in total. The van der Waals surface area contributed by atoms with Crippen LogP contribution in [0, 0.1) is 19.4 Å². The normalized spacial score (nSPS) is 28.7. The molecule has 0 spiro atoms. The van der Waals surface area contributed by atoms with Gasteiger partial charge in [-0.05, 0) is 37.7 Å². The molecule has 0 aromatic heterocycles. The lowest BCUT2D eigenvalue weighted by Gasteiger charge is -2.24. The molecule has 0 bridgehead atoms. The van der Waals surface area contributed by atoms with Crippen molar-refractivity contribution in [1.82, 2.24) is 5.01 Å². The van der Waals surface area contributed by atoms with E-state index in [1.807, 2.05) is 18.0 Å². The van der Waals surface area contributed by atoms with Crippen LogP contribution in [0.2, 0.25) is 5.02 Å². The fraction of sp³-hybridized carbons (Fsp3) is 0.556. The van der Waals surface area contributed by atoms with Crippen LogP contribution in [0.5, 0.6) is 0 Å². The first-order chi connectivity index (χ1) is 11.6. The van der Waals surface area contributed by atoms with E-state index in [1.165, 1.54) is 12.8 Å². The third-order valence-corrected chi connectivity index (χ3v) is 5.66. The third kappa shape index (κ3) is 2.59. The van der Waals surface area contributed by atoms with Crippen LogP contribution in [0.3, 0.4) is 0 Å². The van der Waals surface area contributed by atoms with Crippen molar-refractivity contribution in [3.8, 4) is 0 Å². The molecule has 0 amide bonds. The number of ether oxygens (including phenoxy) is 1. The molecule has 5 nitrogen and oxygen atoms in total. The van der Waals surface area contributed by atoms with E-state index in [2.05, 4.69) is 4.85 Å². The molecule has 3 atom stereocenters. The fourth-order valence-electron chi connectivity index (χ4n) is 3.56. The maximum Gasteiger partial charge on any atom is 0.205 e. The summed E-state index contributed by atoms with van der Waals surface area (Å²) in [7, 11) is 0. The van der Waals surface area contributed by atoms with Crippen LogP contribution in [0.1, 0.15) is 30.4 Å². The van der Waals surface area contributed by atoms with Gasteiger partial charge in [0, 0.05) is 12.1 Å². The Hall–Kier alpha value is -1.61. The van der Waals surface area contributed by atoms with Gasteiger partial charge >= 0.3 is 0 Å². The van der Waals surface area contributed by atoms with Gasteiger partial charge in [-0.1, -0.05) is 23.7 Å². The summed E-state index contributed by atoms with van der Waals surface area (Å²) >= 11 is 6.34. The SMILES string of the molecule is [C-]#[N+]c1ccc(C2=NN3CC[C@H](O)[C@H]3[C@@H]2OCC2CC2)c(C)c1Cl. The molecule has 1 aliphatic carbocycles. The van der Waals surface area contributed by atoms with Gasteiger partial charge in [-0.2, -0.15) is 5.10 Å². The molecular weight excluding hydrogens is 326 g/mol. The molecule has 126 valence electrons. The first-order valence-corrected chi connectivity index (χ1v) is 8.79. The van der Waals surface area contributed by atoms with Gasteiger partial charge in [0.2, 0.25) is 5.69 Å². The van der Waals surface area contributed by atoms with Gasteiger partial charge in [0.05, 0.1) is 30.0 Å². The van der Waals surface area contributed by atoms with E-state index in [4.69, 9.17) is 28.0 Å². The Bertz CT molecular complexity index is 739. The molecule has 1 saturated heterocycles. The van der Waals surface area contributed by atoms with E-state index < -0.39 is 6.10 Å². The average Bonchev–Trinajstić information content (AvgIpc) is 3.24. The highest BCUT2D eigenvalue weighted by Gasteiger charge is 2.47. The molecule has 2 fully saturated rings. The molecule has 0 radical (unpaired) electrons. The Kier molecular flexibility index (Phi) is 4.00. The number of hydrogen-bond acceptors (Lipinski definition) is 4. The molecule has 1 aromatic carbocycles. The van der Waals surface area contributed by atoms with Crippen molar-refractivity contribution in [2.75, 3.05) is 13.2 Å². The summed E-state index contributed by atoms with van der Waals surface area (Å²) in [5, 5.41) is 17.5. The predicted molar refractivity (Wildman–Crippen MR) is 92.6 cm³/mol. The summed E-state index contributed by atoms with van der Waals surface area (Å²) in [5.41, 5.74) is 3.04. The quantitative estimate of drug-likeness (QED) is 0.853. The van der Waals surface area contributed by atoms with Gasteiger partial charge in [-0.15, -0.1) is 0 Å². The van der Waals surface area contributed by atoms with E-state index in [-0.39, 0.29) is 12.1 Å². The highest BCUT2D eigenvalue weighted by atomic mass is 35.5. The highest BCUT2D eigenvalue weighted by molar-refractivity contribution is 6.34. The number of aliphatic hydroxyl groups excluding tert-OH is 1. The number of nitrogens with zero attached hydrogens (tertiary/aromatic N) is 3. The first kappa shape index (κ1) is 15.9. The van der Waals surface area contributed by atoms with Crippen LogP contribution in [0.4, 0.5) is 5.69 Å². The second kappa shape index (κ2) is 6.03. The predicted octanol–water partition coefficient (Wildman–Crippen LogP) is 3.15. The van der Waals surface area contributed by atoms with Crippen molar-refractivity contribution in [3.63, 3.8) is 0 Å². The third-order valence-electron chi connectivity index (χ3n) is 5.18. The van der Waals surface area contributed by atoms with Crippen molar-refractivity contribution >= 4 is 23.0 Å². The van der Waals surface area contributed by atoms with Crippen LogP contribution < -0.4 is 0 Å². The number of fused-ring (bicyclic) bond motifs is 1. The molecule has 4 rings (SSSR count). The second-order valence-electron chi connectivity index (χ2n) is 6.88. The number of benzene rings is 1. The minimum atomic E-state index is -0.422. The Morgan fingerprint density at radius 1 is 1.42 bits per heavy atom. The number of halogens is 1. The Morgan fingerprint density at radius 2 is 2.21 bits per heavy atom. The van der Waals surface area contributed by atoms with Gasteiger partial charge < -0.3 is 9.84 Å². The van der Waals surface area contributed by atoms with Crippen molar-refractivity contribution in [3.05, 3.63) is 39.7 Å². The van der Waals surface area contributed by atoms with Gasteiger partial charge in [0.25, 0.3) is 0 Å². The Morgan fingerprint density at radius 3 is 2.92 bits per heavy atom. The van der Waals surface area contributed by atoms with E-state index in [0.29, 0.717) is 23.2 Å². The molecule has 1 aromatic rings. The van der Waals surface area contributed by atoms with Crippen LogP contribution >= 0.6 is 11.6 Å². The number of hydrogen-bond donors (Lipinski definition) is 1. The minimum absolute atomic E-state index is 0.113. The Labute approximate surface area is 146 Å². The zero-order valence-corrected chi connectivity index (χ0v) is 14.3. The van der Waals surface area contributed by atoms with E-state index in [1.54, 1.807) is 6.07 Å². The van der Waals surface area contributed by atoms with E-state index in [9.17, 15) is 5.11 Å². The van der Waals surface area contributed by atoms with Gasteiger partial charge in [-0.3, -0.25) is 5.01 Å². The van der Waals surface area contributed by atoms with Crippen molar-refractivity contribution in [2.45, 2.75) is 44.4 Å².